The average molecular weight is 363 g/mol. The van der Waals surface area contributed by atoms with E-state index in [-0.39, 0.29) is 23.7 Å². The minimum absolute atomic E-state index is 0. The van der Waals surface area contributed by atoms with Gasteiger partial charge in [-0.25, -0.2) is 0 Å². The lowest BCUT2D eigenvalue weighted by Crippen LogP contribution is -2.53. The van der Waals surface area contributed by atoms with Crippen molar-refractivity contribution < 1.29 is 18.0 Å². The molecule has 2 saturated carbocycles. The lowest BCUT2D eigenvalue weighted by molar-refractivity contribution is -0.137. The number of nitrogens with one attached hydrogen (secondary N) is 1. The van der Waals surface area contributed by atoms with Gasteiger partial charge in [-0.2, -0.15) is 13.2 Å². The molecule has 134 valence electrons. The van der Waals surface area contributed by atoms with Crippen molar-refractivity contribution in [1.82, 2.24) is 5.32 Å². The Morgan fingerprint density at radius 1 is 1.17 bits per heavy atom. The van der Waals surface area contributed by atoms with Crippen LogP contribution < -0.4 is 11.1 Å². The molecular weight excluding hydrogens is 341 g/mol. The number of rotatable bonds is 4. The van der Waals surface area contributed by atoms with Crippen LogP contribution in [0.2, 0.25) is 0 Å². The summed E-state index contributed by atoms with van der Waals surface area (Å²) in [5.74, 6) is -0.173. The molecule has 0 bridgehead atoms. The highest BCUT2D eigenvalue weighted by Crippen LogP contribution is 2.48. The molecule has 0 spiro atoms. The van der Waals surface area contributed by atoms with Crippen molar-refractivity contribution in [2.75, 3.05) is 6.54 Å². The molecule has 0 aliphatic heterocycles. The molecule has 3 nitrogen and oxygen atoms in total. The molecule has 2 aliphatic carbocycles. The molecule has 2 fully saturated rings. The van der Waals surface area contributed by atoms with Crippen molar-refractivity contribution in [1.29, 1.82) is 0 Å². The van der Waals surface area contributed by atoms with E-state index in [0.29, 0.717) is 24.9 Å². The molecule has 1 amide bonds. The fraction of sp³-hybridized carbons (Fsp3) is 0.588. The Hall–Kier alpha value is -1.27. The smallest absolute Gasteiger partial charge is 0.354 e. The second-order valence-electron chi connectivity index (χ2n) is 6.90. The number of hydrogen-bond acceptors (Lipinski definition) is 2. The first kappa shape index (κ1) is 19.1. The molecule has 3 N–H and O–H groups in total. The van der Waals surface area contributed by atoms with Gasteiger partial charge >= 0.3 is 6.18 Å². The minimum Gasteiger partial charge on any atom is -0.354 e. The van der Waals surface area contributed by atoms with Crippen molar-refractivity contribution in [3.63, 3.8) is 0 Å². The van der Waals surface area contributed by atoms with Gasteiger partial charge in [0.15, 0.2) is 0 Å². The quantitative estimate of drug-likeness (QED) is 0.860. The van der Waals surface area contributed by atoms with Gasteiger partial charge in [-0.15, -0.1) is 12.4 Å². The van der Waals surface area contributed by atoms with Crippen molar-refractivity contribution in [2.24, 2.45) is 5.73 Å². The number of carbonyl (C=O) groups excluding carboxylic acids is 1. The maximum absolute atomic E-state index is 12.9. The van der Waals surface area contributed by atoms with Crippen molar-refractivity contribution >= 4 is 18.3 Å². The zero-order valence-electron chi connectivity index (χ0n) is 13.3. The van der Waals surface area contributed by atoms with Gasteiger partial charge in [0.2, 0.25) is 5.91 Å². The molecule has 2 aliphatic rings. The monoisotopic (exact) mass is 362 g/mol. The number of carbonyl (C=O) groups is 1. The highest BCUT2D eigenvalue weighted by atomic mass is 35.5. The first-order valence-electron chi connectivity index (χ1n) is 8.00. The van der Waals surface area contributed by atoms with Crippen LogP contribution in [0.4, 0.5) is 13.2 Å². The van der Waals surface area contributed by atoms with Crippen molar-refractivity contribution in [3.8, 4) is 0 Å². The molecule has 0 radical (unpaired) electrons. The van der Waals surface area contributed by atoms with Crippen LogP contribution in [-0.2, 0) is 16.4 Å². The van der Waals surface area contributed by atoms with Crippen molar-refractivity contribution in [2.45, 2.75) is 55.7 Å². The summed E-state index contributed by atoms with van der Waals surface area (Å²) >= 11 is 0. The van der Waals surface area contributed by atoms with Gasteiger partial charge in [-0.1, -0.05) is 31.0 Å². The first-order chi connectivity index (χ1) is 10.8. The van der Waals surface area contributed by atoms with Crippen LogP contribution >= 0.6 is 12.4 Å². The number of alkyl halides is 3. The van der Waals surface area contributed by atoms with Crippen molar-refractivity contribution in [3.05, 3.63) is 35.4 Å². The highest BCUT2D eigenvalue weighted by Gasteiger charge is 2.46. The van der Waals surface area contributed by atoms with E-state index in [4.69, 9.17) is 5.73 Å². The maximum Gasteiger partial charge on any atom is 0.416 e. The molecule has 1 aromatic carbocycles. The van der Waals surface area contributed by atoms with Crippen LogP contribution in [-0.4, -0.2) is 18.0 Å². The lowest BCUT2D eigenvalue weighted by atomic mass is 9.93. The Balaban J connectivity index is 0.00000208. The number of benzene rings is 1. The molecule has 0 atom stereocenters. The largest absolute Gasteiger partial charge is 0.416 e. The topological polar surface area (TPSA) is 55.1 Å². The third-order valence-corrected chi connectivity index (χ3v) is 5.19. The molecule has 24 heavy (non-hydrogen) atoms. The van der Waals surface area contributed by atoms with E-state index in [1.807, 2.05) is 0 Å². The van der Waals surface area contributed by atoms with Gasteiger partial charge < -0.3 is 11.1 Å². The number of nitrogens with two attached hydrogens (primary N) is 1. The van der Waals surface area contributed by atoms with E-state index < -0.39 is 17.3 Å². The molecule has 0 aromatic heterocycles. The fourth-order valence-electron chi connectivity index (χ4n) is 3.40. The summed E-state index contributed by atoms with van der Waals surface area (Å²) in [5, 5.41) is 2.88. The van der Waals surface area contributed by atoms with Gasteiger partial charge in [0, 0.05) is 12.0 Å². The second-order valence-corrected chi connectivity index (χ2v) is 6.90. The van der Waals surface area contributed by atoms with Crippen LogP contribution in [0.1, 0.15) is 49.7 Å². The molecular formula is C17H22ClF3N2O. The van der Waals surface area contributed by atoms with Crippen LogP contribution in [0.5, 0.6) is 0 Å². The van der Waals surface area contributed by atoms with Crippen LogP contribution in [0.25, 0.3) is 0 Å². The van der Waals surface area contributed by atoms with Gasteiger partial charge in [-0.05, 0) is 37.3 Å². The third kappa shape index (κ3) is 3.70. The van der Waals surface area contributed by atoms with E-state index in [0.717, 1.165) is 31.7 Å². The van der Waals surface area contributed by atoms with E-state index in [9.17, 15) is 18.0 Å². The summed E-state index contributed by atoms with van der Waals surface area (Å²) < 4.78 is 38.6. The van der Waals surface area contributed by atoms with Gasteiger partial charge in [0.05, 0.1) is 11.1 Å². The minimum atomic E-state index is -4.35. The van der Waals surface area contributed by atoms with Crippen LogP contribution in [0.3, 0.4) is 0 Å². The summed E-state index contributed by atoms with van der Waals surface area (Å²) in [6, 6.07) is 5.42. The van der Waals surface area contributed by atoms with E-state index in [2.05, 4.69) is 5.32 Å². The zero-order chi connectivity index (χ0) is 16.7. The number of halogens is 4. The molecule has 1 aromatic rings. The third-order valence-electron chi connectivity index (χ3n) is 5.19. The highest BCUT2D eigenvalue weighted by molar-refractivity contribution is 5.86. The Morgan fingerprint density at radius 2 is 1.79 bits per heavy atom. The van der Waals surface area contributed by atoms with E-state index >= 15 is 0 Å². The summed E-state index contributed by atoms with van der Waals surface area (Å²) in [7, 11) is 0. The summed E-state index contributed by atoms with van der Waals surface area (Å²) in [6.45, 7) is 0.353. The predicted octanol–water partition coefficient (Wildman–Crippen LogP) is 3.55. The van der Waals surface area contributed by atoms with Crippen LogP contribution in [0, 0.1) is 0 Å². The second kappa shape index (κ2) is 6.56. The van der Waals surface area contributed by atoms with Crippen LogP contribution in [0.15, 0.2) is 24.3 Å². The summed E-state index contributed by atoms with van der Waals surface area (Å²) in [4.78, 5) is 12.3. The maximum atomic E-state index is 12.9. The Bertz CT molecular complexity index is 608. The molecule has 0 heterocycles. The average Bonchev–Trinajstić information content (AvgIpc) is 3.18. The summed E-state index contributed by atoms with van der Waals surface area (Å²) in [5.41, 5.74) is 4.94. The number of amides is 1. The Kier molecular flexibility index (Phi) is 5.21. The van der Waals surface area contributed by atoms with E-state index in [1.165, 1.54) is 12.1 Å². The van der Waals surface area contributed by atoms with Gasteiger partial charge in [0.25, 0.3) is 0 Å². The lowest BCUT2D eigenvalue weighted by Gasteiger charge is -2.25. The fourth-order valence-corrected chi connectivity index (χ4v) is 3.40. The van der Waals surface area contributed by atoms with Gasteiger partial charge in [0.1, 0.15) is 0 Å². The van der Waals surface area contributed by atoms with Gasteiger partial charge in [-0.3, -0.25) is 4.79 Å². The van der Waals surface area contributed by atoms with E-state index in [1.54, 1.807) is 6.07 Å². The molecule has 0 saturated heterocycles. The zero-order valence-corrected chi connectivity index (χ0v) is 14.1. The molecule has 7 heteroatoms. The molecule has 3 rings (SSSR count). The normalized spacial score (nSPS) is 21.0. The molecule has 0 unspecified atom stereocenters. The first-order valence-corrected chi connectivity index (χ1v) is 8.00. The predicted molar refractivity (Wildman–Crippen MR) is 88.0 cm³/mol. The SMILES string of the molecule is Cl.NC1(C(=O)NCC2(c3cccc(C(F)(F)F)c3)CC2)CCCC1. The standard InChI is InChI=1S/C17H21F3N2O.ClH/c18-17(19,20)13-5-3-4-12(10-13)15(8-9-15)11-22-14(23)16(21)6-1-2-7-16;/h3-5,10H,1-2,6-9,11,21H2,(H,22,23);1H. The Labute approximate surface area is 145 Å². The summed E-state index contributed by atoms with van der Waals surface area (Å²) in [6.07, 6.45) is 0.467. The number of hydrogen-bond donors (Lipinski definition) is 2. The Morgan fingerprint density at radius 3 is 2.33 bits per heavy atom.